The molecular weight excluding hydrogens is 290 g/mol. The average molecular weight is 312 g/mol. The van der Waals surface area contributed by atoms with Gasteiger partial charge in [0.05, 0.1) is 7.11 Å². The Balaban J connectivity index is 2.25. The Morgan fingerprint density at radius 1 is 1.33 bits per heavy atom. The molecule has 1 saturated heterocycles. The molecule has 3 heteroatoms. The summed E-state index contributed by atoms with van der Waals surface area (Å²) < 4.78 is 6.78. The molecule has 0 aliphatic carbocycles. The smallest absolute Gasteiger partial charge is 0.126 e. The lowest BCUT2D eigenvalue weighted by molar-refractivity contribution is 0.360. The highest BCUT2D eigenvalue weighted by Gasteiger charge is 2.18. The van der Waals surface area contributed by atoms with Gasteiger partial charge in [0.1, 0.15) is 5.75 Å². The molecule has 1 fully saturated rings. The lowest BCUT2D eigenvalue weighted by Gasteiger charge is -2.24. The fourth-order valence-electron chi connectivity index (χ4n) is 2.86. The summed E-state index contributed by atoms with van der Waals surface area (Å²) in [5.41, 5.74) is 3.89. The Labute approximate surface area is 118 Å². The molecule has 18 heavy (non-hydrogen) atoms. The molecule has 1 N–H and O–H groups in total. The second kappa shape index (κ2) is 6.07. The lowest BCUT2D eigenvalue weighted by Crippen LogP contribution is -2.28. The monoisotopic (exact) mass is 311 g/mol. The van der Waals surface area contributed by atoms with Crippen LogP contribution in [0.5, 0.6) is 5.75 Å². The van der Waals surface area contributed by atoms with Crippen LogP contribution in [0.4, 0.5) is 0 Å². The van der Waals surface area contributed by atoms with Crippen LogP contribution in [-0.4, -0.2) is 20.2 Å². The number of aryl methyl sites for hydroxylation is 1. The van der Waals surface area contributed by atoms with E-state index >= 15 is 0 Å². The van der Waals surface area contributed by atoms with Gasteiger partial charge in [0.25, 0.3) is 0 Å². The second-order valence-electron chi connectivity index (χ2n) is 5.22. The first-order valence-electron chi connectivity index (χ1n) is 6.66. The normalized spacial score (nSPS) is 16.9. The summed E-state index contributed by atoms with van der Waals surface area (Å²) >= 11 is 3.64. The molecular formula is C15H22BrNO. The average Bonchev–Trinajstić information content (AvgIpc) is 2.38. The fourth-order valence-corrected chi connectivity index (χ4v) is 3.15. The van der Waals surface area contributed by atoms with Crippen molar-refractivity contribution in [3.63, 3.8) is 0 Å². The maximum Gasteiger partial charge on any atom is 0.126 e. The quantitative estimate of drug-likeness (QED) is 0.920. The van der Waals surface area contributed by atoms with Crippen molar-refractivity contribution in [3.8, 4) is 5.75 Å². The van der Waals surface area contributed by atoms with Gasteiger partial charge in [-0.2, -0.15) is 0 Å². The molecule has 1 aromatic rings. The molecule has 0 aromatic heterocycles. The van der Waals surface area contributed by atoms with Gasteiger partial charge in [-0.1, -0.05) is 22.0 Å². The van der Waals surface area contributed by atoms with Crippen LogP contribution < -0.4 is 10.1 Å². The van der Waals surface area contributed by atoms with Crippen molar-refractivity contribution in [1.29, 1.82) is 0 Å². The van der Waals surface area contributed by atoms with Crippen LogP contribution in [0.25, 0.3) is 0 Å². The number of methoxy groups -OCH3 is 1. The van der Waals surface area contributed by atoms with E-state index < -0.39 is 0 Å². The fraction of sp³-hybridized carbons (Fsp3) is 0.600. The van der Waals surface area contributed by atoms with Crippen molar-refractivity contribution in [3.05, 3.63) is 27.2 Å². The third-order valence-corrected chi connectivity index (χ3v) is 5.09. The zero-order chi connectivity index (χ0) is 13.1. The van der Waals surface area contributed by atoms with E-state index in [-0.39, 0.29) is 0 Å². The molecule has 0 spiro atoms. The van der Waals surface area contributed by atoms with Gasteiger partial charge in [0.2, 0.25) is 0 Å². The third kappa shape index (κ3) is 2.89. The molecule has 1 heterocycles. The SMILES string of the molecule is COc1c(CC2CCNCC2)cc(C)c(Br)c1C. The van der Waals surface area contributed by atoms with Crippen molar-refractivity contribution in [2.24, 2.45) is 5.92 Å². The second-order valence-corrected chi connectivity index (χ2v) is 6.02. The number of hydrogen-bond acceptors (Lipinski definition) is 2. The van der Waals surface area contributed by atoms with Gasteiger partial charge in [0.15, 0.2) is 0 Å². The Bertz CT molecular complexity index is 425. The molecule has 0 unspecified atom stereocenters. The van der Waals surface area contributed by atoms with Crippen molar-refractivity contribution >= 4 is 15.9 Å². The third-order valence-electron chi connectivity index (χ3n) is 3.87. The highest BCUT2D eigenvalue weighted by molar-refractivity contribution is 9.10. The van der Waals surface area contributed by atoms with Crippen molar-refractivity contribution < 1.29 is 4.74 Å². The number of hydrogen-bond donors (Lipinski definition) is 1. The number of piperidine rings is 1. The van der Waals surface area contributed by atoms with E-state index in [0.717, 1.165) is 31.2 Å². The number of benzene rings is 1. The van der Waals surface area contributed by atoms with E-state index in [0.29, 0.717) is 0 Å². The van der Waals surface area contributed by atoms with Gasteiger partial charge < -0.3 is 10.1 Å². The van der Waals surface area contributed by atoms with Gasteiger partial charge in [-0.3, -0.25) is 0 Å². The molecule has 100 valence electrons. The minimum Gasteiger partial charge on any atom is -0.496 e. The molecule has 1 aliphatic rings. The number of halogens is 1. The largest absolute Gasteiger partial charge is 0.496 e. The number of rotatable bonds is 3. The highest BCUT2D eigenvalue weighted by atomic mass is 79.9. The van der Waals surface area contributed by atoms with E-state index in [1.54, 1.807) is 7.11 Å². The van der Waals surface area contributed by atoms with Crippen molar-refractivity contribution in [2.75, 3.05) is 20.2 Å². The summed E-state index contributed by atoms with van der Waals surface area (Å²) in [5.74, 6) is 1.85. The van der Waals surface area contributed by atoms with E-state index in [9.17, 15) is 0 Å². The van der Waals surface area contributed by atoms with E-state index in [1.165, 1.54) is 34.0 Å². The Morgan fingerprint density at radius 3 is 2.61 bits per heavy atom. The minimum atomic E-state index is 0.792. The van der Waals surface area contributed by atoms with Crippen LogP contribution in [0.2, 0.25) is 0 Å². The Hall–Kier alpha value is -0.540. The standard InChI is InChI=1S/C15H22BrNO/c1-10-8-13(9-12-4-6-17-7-5-12)15(18-3)11(2)14(10)16/h8,12,17H,4-7,9H2,1-3H3. The van der Waals surface area contributed by atoms with Gasteiger partial charge >= 0.3 is 0 Å². The summed E-state index contributed by atoms with van der Waals surface area (Å²) in [4.78, 5) is 0. The van der Waals surface area contributed by atoms with E-state index in [2.05, 4.69) is 41.2 Å². The molecule has 0 radical (unpaired) electrons. The first kappa shape index (κ1) is 13.9. The highest BCUT2D eigenvalue weighted by Crippen LogP contribution is 2.35. The van der Waals surface area contributed by atoms with Crippen LogP contribution in [0, 0.1) is 19.8 Å². The molecule has 1 aliphatic heterocycles. The number of nitrogens with one attached hydrogen (secondary N) is 1. The Kier molecular flexibility index (Phi) is 4.68. The molecule has 2 nitrogen and oxygen atoms in total. The first-order chi connectivity index (χ1) is 8.63. The molecule has 0 saturated carbocycles. The number of ether oxygens (including phenoxy) is 1. The van der Waals surface area contributed by atoms with Gasteiger partial charge in [0, 0.05) is 10.0 Å². The van der Waals surface area contributed by atoms with Crippen LogP contribution >= 0.6 is 15.9 Å². The van der Waals surface area contributed by atoms with E-state index in [1.807, 2.05) is 0 Å². The summed E-state index contributed by atoms with van der Waals surface area (Å²) in [5, 5.41) is 3.42. The van der Waals surface area contributed by atoms with Crippen LogP contribution in [-0.2, 0) is 6.42 Å². The lowest BCUT2D eigenvalue weighted by atomic mass is 9.89. The minimum absolute atomic E-state index is 0.792. The topological polar surface area (TPSA) is 21.3 Å². The van der Waals surface area contributed by atoms with E-state index in [4.69, 9.17) is 4.74 Å². The summed E-state index contributed by atoms with van der Waals surface area (Å²) in [6, 6.07) is 2.28. The van der Waals surface area contributed by atoms with Crippen LogP contribution in [0.3, 0.4) is 0 Å². The zero-order valence-electron chi connectivity index (χ0n) is 11.5. The molecule has 1 aromatic carbocycles. The van der Waals surface area contributed by atoms with Crippen molar-refractivity contribution in [2.45, 2.75) is 33.1 Å². The first-order valence-corrected chi connectivity index (χ1v) is 7.46. The summed E-state index contributed by atoms with van der Waals surface area (Å²) in [6.45, 7) is 6.59. The summed E-state index contributed by atoms with van der Waals surface area (Å²) in [7, 11) is 1.77. The maximum atomic E-state index is 5.61. The Morgan fingerprint density at radius 2 is 2.00 bits per heavy atom. The predicted molar refractivity (Wildman–Crippen MR) is 79.5 cm³/mol. The zero-order valence-corrected chi connectivity index (χ0v) is 13.1. The van der Waals surface area contributed by atoms with Gasteiger partial charge in [-0.05, 0) is 63.2 Å². The van der Waals surface area contributed by atoms with Crippen molar-refractivity contribution in [1.82, 2.24) is 5.32 Å². The molecule has 0 atom stereocenters. The molecule has 0 bridgehead atoms. The van der Waals surface area contributed by atoms with Gasteiger partial charge in [-0.15, -0.1) is 0 Å². The maximum absolute atomic E-state index is 5.61. The van der Waals surface area contributed by atoms with Crippen LogP contribution in [0.1, 0.15) is 29.5 Å². The van der Waals surface area contributed by atoms with Crippen LogP contribution in [0.15, 0.2) is 10.5 Å². The molecule has 2 rings (SSSR count). The van der Waals surface area contributed by atoms with Gasteiger partial charge in [-0.25, -0.2) is 0 Å². The molecule has 0 amide bonds. The summed E-state index contributed by atoms with van der Waals surface area (Å²) in [6.07, 6.45) is 3.69. The predicted octanol–water partition coefficient (Wildman–Crippen LogP) is 3.62.